The van der Waals surface area contributed by atoms with Crippen molar-refractivity contribution in [1.29, 1.82) is 0 Å². The maximum atomic E-state index is 13.3. The van der Waals surface area contributed by atoms with Crippen LogP contribution >= 0.6 is 0 Å². The normalized spacial score (nSPS) is 10.3. The molecule has 0 aliphatic heterocycles. The van der Waals surface area contributed by atoms with Gasteiger partial charge in [-0.25, -0.2) is 8.78 Å². The average molecular weight is 205 g/mol. The summed E-state index contributed by atoms with van der Waals surface area (Å²) in [4.78, 5) is 3.92. The van der Waals surface area contributed by atoms with Crippen LogP contribution in [0.2, 0.25) is 0 Å². The van der Waals surface area contributed by atoms with E-state index < -0.39 is 11.6 Å². The van der Waals surface area contributed by atoms with Crippen molar-refractivity contribution < 1.29 is 8.78 Å². The standard InChI is InChI=1S/C12H9F2N/c13-11-5-1-4-10(12(11)14)7-9-3-2-6-15-8-9/h1-6,8H,7H2. The van der Waals surface area contributed by atoms with Crippen LogP contribution in [0.3, 0.4) is 0 Å². The molecular weight excluding hydrogens is 196 g/mol. The lowest BCUT2D eigenvalue weighted by Gasteiger charge is -2.03. The molecule has 15 heavy (non-hydrogen) atoms. The molecule has 0 atom stereocenters. The Hall–Kier alpha value is -1.77. The Kier molecular flexibility index (Phi) is 2.72. The van der Waals surface area contributed by atoms with E-state index in [1.807, 2.05) is 6.07 Å². The molecular formula is C12H9F2N. The molecule has 2 aromatic rings. The van der Waals surface area contributed by atoms with Crippen molar-refractivity contribution in [2.24, 2.45) is 0 Å². The van der Waals surface area contributed by atoms with E-state index in [9.17, 15) is 8.78 Å². The van der Waals surface area contributed by atoms with Crippen molar-refractivity contribution >= 4 is 0 Å². The highest BCUT2D eigenvalue weighted by Crippen LogP contribution is 2.15. The molecule has 1 aromatic carbocycles. The molecule has 0 fully saturated rings. The monoisotopic (exact) mass is 205 g/mol. The van der Waals surface area contributed by atoms with Crippen molar-refractivity contribution in [3.8, 4) is 0 Å². The third-order valence-corrected chi connectivity index (χ3v) is 2.15. The van der Waals surface area contributed by atoms with Gasteiger partial charge in [-0.2, -0.15) is 0 Å². The molecule has 0 spiro atoms. The summed E-state index contributed by atoms with van der Waals surface area (Å²) in [6.45, 7) is 0. The molecule has 1 aromatic heterocycles. The minimum Gasteiger partial charge on any atom is -0.264 e. The first-order valence-corrected chi connectivity index (χ1v) is 4.59. The van der Waals surface area contributed by atoms with Gasteiger partial charge in [-0.15, -0.1) is 0 Å². The predicted octanol–water partition coefficient (Wildman–Crippen LogP) is 2.95. The first-order chi connectivity index (χ1) is 7.27. The van der Waals surface area contributed by atoms with Gasteiger partial charge in [-0.05, 0) is 23.3 Å². The Morgan fingerprint density at radius 3 is 2.67 bits per heavy atom. The van der Waals surface area contributed by atoms with Crippen molar-refractivity contribution in [3.05, 3.63) is 65.5 Å². The summed E-state index contributed by atoms with van der Waals surface area (Å²) in [5.41, 5.74) is 1.21. The number of halogens is 2. The van der Waals surface area contributed by atoms with Gasteiger partial charge in [0.15, 0.2) is 11.6 Å². The molecule has 0 bridgehead atoms. The van der Waals surface area contributed by atoms with Crippen LogP contribution in [0, 0.1) is 11.6 Å². The van der Waals surface area contributed by atoms with Crippen LogP contribution in [0.1, 0.15) is 11.1 Å². The van der Waals surface area contributed by atoms with Crippen LogP contribution in [0.4, 0.5) is 8.78 Å². The van der Waals surface area contributed by atoms with Gasteiger partial charge in [-0.1, -0.05) is 18.2 Å². The lowest BCUT2D eigenvalue weighted by atomic mass is 10.1. The highest BCUT2D eigenvalue weighted by Gasteiger charge is 2.07. The summed E-state index contributed by atoms with van der Waals surface area (Å²) in [5.74, 6) is -1.59. The molecule has 0 saturated heterocycles. The van der Waals surface area contributed by atoms with Gasteiger partial charge in [0.05, 0.1) is 0 Å². The summed E-state index contributed by atoms with van der Waals surface area (Å²) in [7, 11) is 0. The number of benzene rings is 1. The first-order valence-electron chi connectivity index (χ1n) is 4.59. The van der Waals surface area contributed by atoms with E-state index in [-0.39, 0.29) is 0 Å². The maximum absolute atomic E-state index is 13.3. The van der Waals surface area contributed by atoms with Crippen LogP contribution in [0.5, 0.6) is 0 Å². The summed E-state index contributed by atoms with van der Waals surface area (Å²) in [6.07, 6.45) is 3.65. The molecule has 76 valence electrons. The summed E-state index contributed by atoms with van der Waals surface area (Å²) in [5, 5.41) is 0. The van der Waals surface area contributed by atoms with Gasteiger partial charge in [0.25, 0.3) is 0 Å². The van der Waals surface area contributed by atoms with Crippen LogP contribution in [0.15, 0.2) is 42.7 Å². The van der Waals surface area contributed by atoms with Crippen LogP contribution in [0.25, 0.3) is 0 Å². The topological polar surface area (TPSA) is 12.9 Å². The number of hydrogen-bond donors (Lipinski definition) is 0. The molecule has 0 saturated carbocycles. The number of hydrogen-bond acceptors (Lipinski definition) is 1. The smallest absolute Gasteiger partial charge is 0.162 e. The van der Waals surface area contributed by atoms with Crippen LogP contribution in [-0.4, -0.2) is 4.98 Å². The summed E-state index contributed by atoms with van der Waals surface area (Å²) < 4.78 is 26.2. The molecule has 0 radical (unpaired) electrons. The Labute approximate surface area is 86.4 Å². The van der Waals surface area contributed by atoms with E-state index in [1.165, 1.54) is 6.07 Å². The maximum Gasteiger partial charge on any atom is 0.162 e. The van der Waals surface area contributed by atoms with Gasteiger partial charge < -0.3 is 0 Å². The van der Waals surface area contributed by atoms with E-state index >= 15 is 0 Å². The Morgan fingerprint density at radius 2 is 1.93 bits per heavy atom. The zero-order chi connectivity index (χ0) is 10.7. The highest BCUT2D eigenvalue weighted by atomic mass is 19.2. The molecule has 0 aliphatic rings. The molecule has 0 amide bonds. The van der Waals surface area contributed by atoms with Crippen molar-refractivity contribution in [2.75, 3.05) is 0 Å². The quantitative estimate of drug-likeness (QED) is 0.734. The molecule has 0 unspecified atom stereocenters. The Balaban J connectivity index is 2.29. The zero-order valence-electron chi connectivity index (χ0n) is 7.95. The SMILES string of the molecule is Fc1cccc(Cc2cccnc2)c1F. The van der Waals surface area contributed by atoms with E-state index in [1.54, 1.807) is 24.5 Å². The average Bonchev–Trinajstić information content (AvgIpc) is 2.26. The number of rotatable bonds is 2. The van der Waals surface area contributed by atoms with E-state index in [4.69, 9.17) is 0 Å². The zero-order valence-corrected chi connectivity index (χ0v) is 7.95. The van der Waals surface area contributed by atoms with Gasteiger partial charge >= 0.3 is 0 Å². The molecule has 0 aliphatic carbocycles. The summed E-state index contributed by atoms with van der Waals surface area (Å²) >= 11 is 0. The van der Waals surface area contributed by atoms with E-state index in [0.29, 0.717) is 12.0 Å². The second kappa shape index (κ2) is 4.17. The third kappa shape index (κ3) is 2.18. The number of aromatic nitrogens is 1. The molecule has 1 heterocycles. The lowest BCUT2D eigenvalue weighted by Crippen LogP contribution is -1.95. The highest BCUT2D eigenvalue weighted by molar-refractivity contribution is 5.25. The van der Waals surface area contributed by atoms with E-state index in [2.05, 4.69) is 4.98 Å². The van der Waals surface area contributed by atoms with E-state index in [0.717, 1.165) is 11.6 Å². The fourth-order valence-corrected chi connectivity index (χ4v) is 1.41. The summed E-state index contributed by atoms with van der Waals surface area (Å²) in [6, 6.07) is 7.79. The van der Waals surface area contributed by atoms with Gasteiger partial charge in [0, 0.05) is 18.8 Å². The van der Waals surface area contributed by atoms with Gasteiger partial charge in [0.2, 0.25) is 0 Å². The molecule has 2 rings (SSSR count). The third-order valence-electron chi connectivity index (χ3n) is 2.15. The minimum atomic E-state index is -0.809. The number of nitrogens with zero attached hydrogens (tertiary/aromatic N) is 1. The fourth-order valence-electron chi connectivity index (χ4n) is 1.41. The van der Waals surface area contributed by atoms with Crippen LogP contribution in [-0.2, 0) is 6.42 Å². The van der Waals surface area contributed by atoms with Crippen molar-refractivity contribution in [1.82, 2.24) is 4.98 Å². The van der Waals surface area contributed by atoms with Crippen molar-refractivity contribution in [2.45, 2.75) is 6.42 Å². The lowest BCUT2D eigenvalue weighted by molar-refractivity contribution is 0.501. The van der Waals surface area contributed by atoms with Crippen molar-refractivity contribution in [3.63, 3.8) is 0 Å². The first kappa shape index (κ1) is 9.77. The molecule has 3 heteroatoms. The molecule has 0 N–H and O–H groups in total. The second-order valence-corrected chi connectivity index (χ2v) is 3.25. The Morgan fingerprint density at radius 1 is 1.07 bits per heavy atom. The number of pyridine rings is 1. The van der Waals surface area contributed by atoms with Gasteiger partial charge in [0.1, 0.15) is 0 Å². The second-order valence-electron chi connectivity index (χ2n) is 3.25. The minimum absolute atomic E-state index is 0.350. The van der Waals surface area contributed by atoms with Crippen LogP contribution < -0.4 is 0 Å². The largest absolute Gasteiger partial charge is 0.264 e. The molecule has 1 nitrogen and oxygen atoms in total. The van der Waals surface area contributed by atoms with Gasteiger partial charge in [-0.3, -0.25) is 4.98 Å². The predicted molar refractivity (Wildman–Crippen MR) is 53.4 cm³/mol. The Bertz CT molecular complexity index is 454. The fraction of sp³-hybridized carbons (Fsp3) is 0.0833.